The summed E-state index contributed by atoms with van der Waals surface area (Å²) in [6.07, 6.45) is -0.253. The topological polar surface area (TPSA) is 48.1 Å². The summed E-state index contributed by atoms with van der Waals surface area (Å²) in [4.78, 5) is 3.46. The van der Waals surface area contributed by atoms with Crippen molar-refractivity contribution in [1.82, 2.24) is 4.98 Å². The van der Waals surface area contributed by atoms with Crippen molar-refractivity contribution in [3.8, 4) is 5.19 Å². The van der Waals surface area contributed by atoms with E-state index in [1.54, 1.807) is 0 Å². The van der Waals surface area contributed by atoms with Crippen LogP contribution in [-0.4, -0.2) is 11.5 Å². The van der Waals surface area contributed by atoms with Crippen molar-refractivity contribution < 1.29 is 13.0 Å². The van der Waals surface area contributed by atoms with E-state index in [-0.39, 0.29) is 16.4 Å². The molecule has 2 N–H and O–H groups in total. The molecule has 0 saturated carbocycles. The lowest BCUT2D eigenvalue weighted by molar-refractivity contribution is 0.338. The van der Waals surface area contributed by atoms with Gasteiger partial charge >= 0.3 is 0 Å². The molecule has 1 aromatic heterocycles. The zero-order valence-corrected chi connectivity index (χ0v) is 5.16. The SMILES string of the molecule is [2H]c1nc(OC([2H])([2H])C([2H])([2H])[2H])sc1N. The summed E-state index contributed by atoms with van der Waals surface area (Å²) in [6.45, 7) is -5.76. The fourth-order valence-electron chi connectivity index (χ4n) is 0.328. The number of nitrogen functional groups attached to an aromatic ring is 1. The van der Waals surface area contributed by atoms with Crippen LogP contribution >= 0.6 is 11.3 Å². The van der Waals surface area contributed by atoms with Gasteiger partial charge in [0.2, 0.25) is 0 Å². The molecule has 0 atom stereocenters. The van der Waals surface area contributed by atoms with E-state index in [9.17, 15) is 0 Å². The number of anilines is 1. The second-order valence-corrected chi connectivity index (χ2v) is 2.15. The number of ether oxygens (including phenoxy) is 1. The highest BCUT2D eigenvalue weighted by Gasteiger charge is 1.95. The van der Waals surface area contributed by atoms with Gasteiger partial charge in [0.1, 0.15) is 5.00 Å². The minimum atomic E-state index is -2.92. The van der Waals surface area contributed by atoms with Crippen LogP contribution in [0, 0.1) is 0 Å². The number of hydrogen-bond acceptors (Lipinski definition) is 4. The maximum Gasteiger partial charge on any atom is 0.275 e. The van der Waals surface area contributed by atoms with Crippen molar-refractivity contribution in [1.29, 1.82) is 0 Å². The Morgan fingerprint density at radius 1 is 2.33 bits per heavy atom. The van der Waals surface area contributed by atoms with Crippen LogP contribution < -0.4 is 10.5 Å². The Labute approximate surface area is 65.9 Å². The van der Waals surface area contributed by atoms with Gasteiger partial charge in [0.25, 0.3) is 5.19 Å². The van der Waals surface area contributed by atoms with Crippen LogP contribution in [0.2, 0.25) is 0 Å². The van der Waals surface area contributed by atoms with Gasteiger partial charge in [-0.25, -0.2) is 4.98 Å². The zero-order chi connectivity index (χ0) is 11.9. The molecule has 0 fully saturated rings. The maximum absolute atomic E-state index is 7.14. The predicted molar refractivity (Wildman–Crippen MR) is 37.7 cm³/mol. The molecule has 4 heteroatoms. The molecule has 0 aliphatic carbocycles. The molecule has 1 rings (SSSR count). The van der Waals surface area contributed by atoms with Gasteiger partial charge in [-0.2, -0.15) is 0 Å². The maximum atomic E-state index is 7.14. The van der Waals surface area contributed by atoms with E-state index in [4.69, 9.17) is 14.0 Å². The van der Waals surface area contributed by atoms with E-state index < -0.39 is 13.4 Å². The molecule has 9 heavy (non-hydrogen) atoms. The largest absolute Gasteiger partial charge is 0.470 e. The molecule has 0 aliphatic rings. The van der Waals surface area contributed by atoms with Gasteiger partial charge in [-0.05, 0) is 6.85 Å². The Bertz CT molecular complexity index is 341. The highest BCUT2D eigenvalue weighted by atomic mass is 32.1. The fourth-order valence-corrected chi connectivity index (χ4v) is 0.782. The summed E-state index contributed by atoms with van der Waals surface area (Å²) in [5, 5.41) is -0.218. The Morgan fingerprint density at radius 2 is 3.22 bits per heavy atom. The third-order valence-electron chi connectivity index (χ3n) is 0.593. The highest BCUT2D eigenvalue weighted by Crippen LogP contribution is 2.21. The first kappa shape index (κ1) is 2.12. The normalized spacial score (nSPS) is 22.2. The third-order valence-corrected chi connectivity index (χ3v) is 1.25. The van der Waals surface area contributed by atoms with Crippen molar-refractivity contribution in [2.45, 2.75) is 6.85 Å². The van der Waals surface area contributed by atoms with E-state index >= 15 is 0 Å². The molecule has 0 aromatic carbocycles. The first-order chi connectivity index (χ1) is 6.63. The van der Waals surface area contributed by atoms with Crippen LogP contribution in [-0.2, 0) is 0 Å². The summed E-state index contributed by atoms with van der Waals surface area (Å²) in [7, 11) is 0. The van der Waals surface area contributed by atoms with E-state index in [1.807, 2.05) is 0 Å². The van der Waals surface area contributed by atoms with Gasteiger partial charge in [0.05, 0.1) is 16.8 Å². The highest BCUT2D eigenvalue weighted by molar-refractivity contribution is 7.17. The summed E-state index contributed by atoms with van der Waals surface area (Å²) in [5.41, 5.74) is 5.29. The fraction of sp³-hybridized carbons (Fsp3) is 0.400. The summed E-state index contributed by atoms with van der Waals surface area (Å²) >= 11 is 0.724. The van der Waals surface area contributed by atoms with Crippen molar-refractivity contribution in [3.05, 3.63) is 6.17 Å². The lowest BCUT2D eigenvalue weighted by atomic mass is 10.9. The lowest BCUT2D eigenvalue weighted by Gasteiger charge is -1.92. The van der Waals surface area contributed by atoms with Crippen LogP contribution in [0.4, 0.5) is 5.00 Å². The molecule has 0 saturated heterocycles. The molecule has 0 bridgehead atoms. The van der Waals surface area contributed by atoms with Crippen molar-refractivity contribution in [2.75, 3.05) is 12.3 Å². The summed E-state index contributed by atoms with van der Waals surface area (Å²) in [6, 6.07) is 0. The first-order valence-electron chi connectivity index (χ1n) is 5.05. The minimum absolute atomic E-state index is 0.0475. The Morgan fingerprint density at radius 3 is 3.78 bits per heavy atom. The summed E-state index contributed by atoms with van der Waals surface area (Å²) < 4.78 is 46.6. The second-order valence-electron chi connectivity index (χ2n) is 1.16. The number of nitrogens with two attached hydrogens (primary N) is 1. The Hall–Kier alpha value is -0.770. The number of rotatable bonds is 2. The molecule has 1 heterocycles. The molecular formula is C5H8N2OS. The first-order valence-corrected chi connectivity index (χ1v) is 2.87. The van der Waals surface area contributed by atoms with Crippen molar-refractivity contribution in [2.24, 2.45) is 0 Å². The molecule has 0 radical (unpaired) electrons. The van der Waals surface area contributed by atoms with Gasteiger partial charge < -0.3 is 10.5 Å². The van der Waals surface area contributed by atoms with Crippen LogP contribution in [0.25, 0.3) is 0 Å². The molecule has 0 unspecified atom stereocenters. The van der Waals surface area contributed by atoms with E-state index in [0.717, 1.165) is 11.3 Å². The molecule has 0 amide bonds. The van der Waals surface area contributed by atoms with Gasteiger partial charge in [-0.15, -0.1) is 0 Å². The van der Waals surface area contributed by atoms with Crippen LogP contribution in [0.3, 0.4) is 0 Å². The van der Waals surface area contributed by atoms with E-state index in [2.05, 4.69) is 9.72 Å². The van der Waals surface area contributed by atoms with Gasteiger partial charge in [-0.3, -0.25) is 0 Å². The van der Waals surface area contributed by atoms with Crippen LogP contribution in [0.5, 0.6) is 5.19 Å². The average Bonchev–Trinajstić information content (AvgIpc) is 2.27. The third kappa shape index (κ3) is 1.57. The predicted octanol–water partition coefficient (Wildman–Crippen LogP) is 1.12. The molecular weight excluding hydrogens is 136 g/mol. The van der Waals surface area contributed by atoms with Gasteiger partial charge in [-0.1, -0.05) is 11.3 Å². The minimum Gasteiger partial charge on any atom is -0.470 e. The number of aromatic nitrogens is 1. The molecule has 0 spiro atoms. The zero-order valence-electron chi connectivity index (χ0n) is 10.3. The van der Waals surface area contributed by atoms with Crippen molar-refractivity contribution in [3.63, 3.8) is 0 Å². The number of hydrogen-bond donors (Lipinski definition) is 1. The van der Waals surface area contributed by atoms with Gasteiger partial charge in [0.15, 0.2) is 0 Å². The Kier molecular flexibility index (Phi) is 0.633. The van der Waals surface area contributed by atoms with Crippen molar-refractivity contribution >= 4 is 16.3 Å². The number of thiazole rings is 1. The van der Waals surface area contributed by atoms with Gasteiger partial charge in [0, 0.05) is 4.11 Å². The van der Waals surface area contributed by atoms with E-state index in [0.29, 0.717) is 0 Å². The molecule has 1 aromatic rings. The number of nitrogens with zero attached hydrogens (tertiary/aromatic N) is 1. The lowest BCUT2D eigenvalue weighted by Crippen LogP contribution is -1.88. The smallest absolute Gasteiger partial charge is 0.275 e. The molecule has 3 nitrogen and oxygen atoms in total. The quantitative estimate of drug-likeness (QED) is 0.687. The monoisotopic (exact) mass is 150 g/mol. The second kappa shape index (κ2) is 2.68. The average molecular weight is 150 g/mol. The molecule has 0 aliphatic heterocycles. The molecule has 50 valence electrons. The Balaban J connectivity index is 2.86. The standard InChI is InChI=1S/C5H8N2OS/c1-2-8-5-7-3-4(6)9-5/h3H,2,6H2,1H3/i1D3,2D2,3D. The van der Waals surface area contributed by atoms with Crippen LogP contribution in [0.1, 0.15) is 15.1 Å². The van der Waals surface area contributed by atoms with Crippen LogP contribution in [0.15, 0.2) is 6.17 Å². The summed E-state index contributed by atoms with van der Waals surface area (Å²) in [5.74, 6) is 0. The van der Waals surface area contributed by atoms with E-state index in [1.165, 1.54) is 0 Å².